The average molecular weight is 278 g/mol. The van der Waals surface area contributed by atoms with Crippen molar-refractivity contribution in [3.63, 3.8) is 0 Å². The maximum atomic E-state index is 9.66. The van der Waals surface area contributed by atoms with Crippen molar-refractivity contribution in [2.75, 3.05) is 18.1 Å². The third-order valence-corrected chi connectivity index (χ3v) is 4.10. The number of hydrogen-bond acceptors (Lipinski definition) is 3. The molecule has 1 saturated heterocycles. The van der Waals surface area contributed by atoms with E-state index in [0.717, 1.165) is 30.6 Å². The van der Waals surface area contributed by atoms with Crippen LogP contribution in [0.5, 0.6) is 0 Å². The van der Waals surface area contributed by atoms with Gasteiger partial charge in [0.05, 0.1) is 18.3 Å². The van der Waals surface area contributed by atoms with Gasteiger partial charge in [0.15, 0.2) is 0 Å². The molecule has 1 fully saturated rings. The van der Waals surface area contributed by atoms with Crippen molar-refractivity contribution in [3.8, 4) is 0 Å². The van der Waals surface area contributed by atoms with Gasteiger partial charge in [0, 0.05) is 12.1 Å². The molecule has 3 N–H and O–H groups in total. The lowest BCUT2D eigenvalue weighted by atomic mass is 10.0. The Balaban J connectivity index is 2.45. The summed E-state index contributed by atoms with van der Waals surface area (Å²) < 4.78 is 0. The highest BCUT2D eigenvalue weighted by Crippen LogP contribution is 2.30. The van der Waals surface area contributed by atoms with Gasteiger partial charge in [-0.2, -0.15) is 0 Å². The number of benzene rings is 1. The van der Waals surface area contributed by atoms with E-state index < -0.39 is 0 Å². The van der Waals surface area contributed by atoms with Crippen LogP contribution in [0.25, 0.3) is 0 Å². The molecule has 0 bridgehead atoms. The van der Waals surface area contributed by atoms with Crippen LogP contribution in [0.3, 0.4) is 0 Å². The molecule has 104 valence electrons. The first kappa shape index (κ1) is 14.3. The third-order valence-electron chi connectivity index (χ3n) is 3.88. The van der Waals surface area contributed by atoms with Gasteiger partial charge in [0.25, 0.3) is 0 Å². The fraction of sp³-hybridized carbons (Fsp3) is 0.533. The first-order chi connectivity index (χ1) is 9.15. The molecular formula is C15H22N2OS. The Morgan fingerprint density at radius 2 is 2.21 bits per heavy atom. The fourth-order valence-electron chi connectivity index (χ4n) is 2.90. The number of nitrogens with zero attached hydrogens (tertiary/aromatic N) is 1. The number of aryl methyl sites for hydroxylation is 1. The highest BCUT2D eigenvalue weighted by molar-refractivity contribution is 7.80. The maximum Gasteiger partial charge on any atom is 0.106 e. The standard InChI is InChI=1S/C15H22N2OS/c1-11-6-5-8-13(15(16)19)14(11)17-9-4-2-3-7-12(17)10-18/h5-6,8,12,18H,2-4,7,9-10H2,1H3,(H2,16,19). The van der Waals surface area contributed by atoms with E-state index in [4.69, 9.17) is 18.0 Å². The topological polar surface area (TPSA) is 49.5 Å². The molecule has 4 heteroatoms. The molecule has 0 aliphatic carbocycles. The van der Waals surface area contributed by atoms with Crippen molar-refractivity contribution < 1.29 is 5.11 Å². The number of thiocarbonyl (C=S) groups is 1. The summed E-state index contributed by atoms with van der Waals surface area (Å²) >= 11 is 5.18. The van der Waals surface area contributed by atoms with Crippen LogP contribution < -0.4 is 10.6 Å². The van der Waals surface area contributed by atoms with E-state index in [2.05, 4.69) is 17.9 Å². The SMILES string of the molecule is Cc1cccc(C(N)=S)c1N1CCCCCC1CO. The first-order valence-electron chi connectivity index (χ1n) is 6.92. The van der Waals surface area contributed by atoms with Gasteiger partial charge < -0.3 is 15.7 Å². The van der Waals surface area contributed by atoms with Gasteiger partial charge in [0.1, 0.15) is 4.99 Å². The van der Waals surface area contributed by atoms with Crippen LogP contribution in [0.4, 0.5) is 5.69 Å². The lowest BCUT2D eigenvalue weighted by Crippen LogP contribution is -2.39. The maximum absolute atomic E-state index is 9.66. The van der Waals surface area contributed by atoms with Gasteiger partial charge in [-0.1, -0.05) is 37.2 Å². The zero-order chi connectivity index (χ0) is 13.8. The fourth-order valence-corrected chi connectivity index (χ4v) is 3.07. The van der Waals surface area contributed by atoms with Crippen LogP contribution in [0, 0.1) is 6.92 Å². The average Bonchev–Trinajstić information content (AvgIpc) is 2.63. The highest BCUT2D eigenvalue weighted by Gasteiger charge is 2.24. The predicted molar refractivity (Wildman–Crippen MR) is 83.8 cm³/mol. The lowest BCUT2D eigenvalue weighted by Gasteiger charge is -2.33. The van der Waals surface area contributed by atoms with Crippen LogP contribution in [0.2, 0.25) is 0 Å². The van der Waals surface area contributed by atoms with Gasteiger partial charge in [0.2, 0.25) is 0 Å². The number of para-hydroxylation sites is 1. The normalized spacial score (nSPS) is 20.1. The van der Waals surface area contributed by atoms with Crippen molar-refractivity contribution in [2.24, 2.45) is 5.73 Å². The zero-order valence-electron chi connectivity index (χ0n) is 11.4. The highest BCUT2D eigenvalue weighted by atomic mass is 32.1. The monoisotopic (exact) mass is 278 g/mol. The van der Waals surface area contributed by atoms with Crippen LogP contribution in [0.1, 0.15) is 36.8 Å². The molecule has 0 radical (unpaired) electrons. The van der Waals surface area contributed by atoms with Gasteiger partial charge >= 0.3 is 0 Å². The summed E-state index contributed by atoms with van der Waals surface area (Å²) in [6.07, 6.45) is 4.58. The van der Waals surface area contributed by atoms with Crippen molar-refractivity contribution in [1.29, 1.82) is 0 Å². The van der Waals surface area contributed by atoms with E-state index in [9.17, 15) is 5.11 Å². The summed E-state index contributed by atoms with van der Waals surface area (Å²) in [4.78, 5) is 2.73. The molecular weight excluding hydrogens is 256 g/mol. The quantitative estimate of drug-likeness (QED) is 0.834. The van der Waals surface area contributed by atoms with E-state index in [0.29, 0.717) is 4.99 Å². The van der Waals surface area contributed by atoms with Crippen LogP contribution >= 0.6 is 12.2 Å². The smallest absolute Gasteiger partial charge is 0.106 e. The number of nitrogens with two attached hydrogens (primary N) is 1. The van der Waals surface area contributed by atoms with E-state index >= 15 is 0 Å². The molecule has 1 atom stereocenters. The van der Waals surface area contributed by atoms with Crippen LogP contribution in [-0.4, -0.2) is 29.3 Å². The summed E-state index contributed by atoms with van der Waals surface area (Å²) in [6, 6.07) is 6.22. The Morgan fingerprint density at radius 3 is 2.89 bits per heavy atom. The molecule has 1 aliphatic rings. The Hall–Kier alpha value is -1.13. The van der Waals surface area contributed by atoms with Gasteiger partial charge in [-0.25, -0.2) is 0 Å². The van der Waals surface area contributed by atoms with Gasteiger partial charge in [-0.15, -0.1) is 0 Å². The van der Waals surface area contributed by atoms with Crippen molar-refractivity contribution in [3.05, 3.63) is 29.3 Å². The largest absolute Gasteiger partial charge is 0.394 e. The molecule has 0 saturated carbocycles. The molecule has 3 nitrogen and oxygen atoms in total. The van der Waals surface area contributed by atoms with Crippen molar-refractivity contribution in [2.45, 2.75) is 38.6 Å². The van der Waals surface area contributed by atoms with Crippen LogP contribution in [0.15, 0.2) is 18.2 Å². The Kier molecular flexibility index (Phi) is 4.77. The molecule has 0 amide bonds. The molecule has 0 aromatic heterocycles. The molecule has 1 unspecified atom stereocenters. The number of rotatable bonds is 3. The van der Waals surface area contributed by atoms with Crippen molar-refractivity contribution in [1.82, 2.24) is 0 Å². The summed E-state index contributed by atoms with van der Waals surface area (Å²) in [7, 11) is 0. The number of hydrogen-bond donors (Lipinski definition) is 2. The second-order valence-corrected chi connectivity index (χ2v) is 5.65. The molecule has 2 rings (SSSR count). The second kappa shape index (κ2) is 6.35. The molecule has 1 aliphatic heterocycles. The Bertz CT molecular complexity index is 461. The minimum absolute atomic E-state index is 0.177. The Labute approximate surface area is 120 Å². The molecule has 1 aromatic carbocycles. The number of aliphatic hydroxyl groups excluding tert-OH is 1. The molecule has 1 heterocycles. The van der Waals surface area contributed by atoms with Crippen LogP contribution in [-0.2, 0) is 0 Å². The summed E-state index contributed by atoms with van der Waals surface area (Å²) in [6.45, 7) is 3.23. The molecule has 1 aromatic rings. The van der Waals surface area contributed by atoms with Gasteiger partial charge in [-0.3, -0.25) is 0 Å². The minimum atomic E-state index is 0.177. The van der Waals surface area contributed by atoms with E-state index in [1.54, 1.807) is 0 Å². The summed E-state index contributed by atoms with van der Waals surface area (Å²) in [5, 5.41) is 9.66. The second-order valence-electron chi connectivity index (χ2n) is 5.21. The molecule has 0 spiro atoms. The van der Waals surface area contributed by atoms with Gasteiger partial charge in [-0.05, 0) is 31.4 Å². The van der Waals surface area contributed by atoms with E-state index in [1.165, 1.54) is 18.4 Å². The number of anilines is 1. The van der Waals surface area contributed by atoms with E-state index in [1.807, 2.05) is 12.1 Å². The molecule has 19 heavy (non-hydrogen) atoms. The predicted octanol–water partition coefficient (Wildman–Crippen LogP) is 2.37. The lowest BCUT2D eigenvalue weighted by molar-refractivity contribution is 0.255. The zero-order valence-corrected chi connectivity index (χ0v) is 12.2. The minimum Gasteiger partial charge on any atom is -0.394 e. The van der Waals surface area contributed by atoms with E-state index in [-0.39, 0.29) is 12.6 Å². The Morgan fingerprint density at radius 1 is 1.42 bits per heavy atom. The summed E-state index contributed by atoms with van der Waals surface area (Å²) in [5.74, 6) is 0. The van der Waals surface area contributed by atoms with Crippen molar-refractivity contribution >= 4 is 22.9 Å². The summed E-state index contributed by atoms with van der Waals surface area (Å²) in [5.41, 5.74) is 9.06. The number of aliphatic hydroxyl groups is 1. The first-order valence-corrected chi connectivity index (χ1v) is 7.33. The third kappa shape index (κ3) is 3.07.